The Labute approximate surface area is 883 Å². The van der Waals surface area contributed by atoms with Gasteiger partial charge in [-0.2, -0.15) is 0 Å². The largest absolute Gasteiger partial charge is 1.00 e. The molecule has 128 heavy (non-hydrogen) atoms. The number of nitrogens with zero attached hydrogens (tertiary/aromatic N) is 12. The molecule has 0 spiro atoms. The first-order valence-corrected chi connectivity index (χ1v) is 51.9. The average molecular weight is 2000 g/mol. The maximum atomic E-state index is 8.64. The molecule has 6 atom stereocenters. The number of halogens is 2. The first-order chi connectivity index (χ1) is 60.9. The molecule has 0 bridgehead atoms. The van der Waals surface area contributed by atoms with Crippen LogP contribution in [0.3, 0.4) is 0 Å². The summed E-state index contributed by atoms with van der Waals surface area (Å²) in [5.41, 5.74) is 16.6. The molecule has 19 nitrogen and oxygen atoms in total. The number of hydrogen-bond donors (Lipinski definition) is 4. The van der Waals surface area contributed by atoms with Crippen LogP contribution in [-0.2, 0) is 9.68 Å². The van der Waals surface area contributed by atoms with Crippen LogP contribution < -0.4 is 113 Å². The first kappa shape index (κ1) is 102. The molecule has 10 aliphatic heterocycles. The molecule has 6 saturated heterocycles. The molecule has 8 aromatic heterocycles. The van der Waals surface area contributed by atoms with Crippen molar-refractivity contribution in [3.8, 4) is 105 Å². The number of aliphatic imine (C=N–C) groups is 4. The summed E-state index contributed by atoms with van der Waals surface area (Å²) in [6, 6.07) is 24.1. The maximum absolute atomic E-state index is 8.64. The third-order valence-corrected chi connectivity index (χ3v) is 30.9. The molecule has 0 radical (unpaired) electrons. The standard InChI is InChI=1S/C25H27N5S.C24H24N4S.C20H24N2SSi.C17H16N2S.C12H14IN3S.CH2O3.ClH.2K.H/c1-29-13-5-9-22(29)21-15-18(16-26-21)24-12-11-20(31-24)8-4-3-7-19-17-27-25(28-19)23-10-6-14-30(23)2;1-2-7-17(6-1)24-27-16-19(28-24)8-3-4-9-20-11-12-23(29-20)18-14-22(26-15-18)21-10-5-13-25-21;1-22-12-7-9-19(22)18-14-16(15-21-18)20-11-10-17(23-20)8-5-6-13-24(2,3)4;1-3-4-6-14-8-9-17(20-14)13-11-15(18-12-13)16-7-5-10-19(16)2;1-16-6-2-3-9(16)12-14-7-8(15-12)10-4-5-11(13)17-10;2-1-4-3;;;;/h11-12,16-17,22-23H,5-6,9-10,13-15H2,1-2H3,(H,27,28);11-12,15-17,21,25H,1-2,5-7,10,13-14H2,(H,27,28);10-11,15,19H,7,9,12,14H2,1-4H3;1,8-9,12,16H,5,7,10-11H2,2H3;4-5,7,9H,2-3,6H2,1H3,(H,14,15);1,3H;1H;;;/q;;;;;;;2*+1;-1/p-1/t22-,23-;21-;19-;16-;9-;;;;;/m00000...../s1. The van der Waals surface area contributed by atoms with Crippen molar-refractivity contribution in [2.45, 2.75) is 190 Å². The summed E-state index contributed by atoms with van der Waals surface area (Å²) in [5.74, 6) is 45.4. The Morgan fingerprint density at radius 3 is 1.20 bits per heavy atom. The number of likely N-dealkylation sites (tertiary alicyclic amines) is 5. The van der Waals surface area contributed by atoms with E-state index in [1.807, 2.05) is 43.3 Å². The summed E-state index contributed by atoms with van der Waals surface area (Å²) in [6.07, 6.45) is 42.7. The van der Waals surface area contributed by atoms with Crippen molar-refractivity contribution in [2.75, 3.05) is 74.5 Å². The van der Waals surface area contributed by atoms with Crippen molar-refractivity contribution in [3.05, 3.63) is 175 Å². The Morgan fingerprint density at radius 1 is 0.453 bits per heavy atom. The molecular weight excluding hydrogens is 1890 g/mol. The molecule has 1 saturated carbocycles. The van der Waals surface area contributed by atoms with Gasteiger partial charge in [0.1, 0.15) is 36.9 Å². The number of allylic oxidation sites excluding steroid dienone is 4. The number of aromatic nitrogens is 6. The number of terminal acetylenes is 1. The number of aromatic amines is 3. The molecule has 18 heterocycles. The van der Waals surface area contributed by atoms with Gasteiger partial charge in [-0.3, -0.25) is 49.3 Å². The molecule has 1 aliphatic carbocycles. The molecule has 652 valence electrons. The van der Waals surface area contributed by atoms with E-state index in [9.17, 15) is 0 Å². The summed E-state index contributed by atoms with van der Waals surface area (Å²) in [7, 11) is 9.60. The van der Waals surface area contributed by atoms with Crippen LogP contribution in [0, 0.1) is 97.7 Å². The smallest absolute Gasteiger partial charge is 1.00 e. The average Bonchev–Trinajstić information content (AvgIpc) is 1.67. The van der Waals surface area contributed by atoms with Gasteiger partial charge in [0.25, 0.3) is 6.47 Å². The number of H-pyrrole nitrogens is 3. The maximum Gasteiger partial charge on any atom is 1.00 e. The van der Waals surface area contributed by atoms with Crippen LogP contribution >= 0.6 is 91.7 Å². The van der Waals surface area contributed by atoms with Crippen molar-refractivity contribution in [1.29, 1.82) is 0 Å². The summed E-state index contributed by atoms with van der Waals surface area (Å²) >= 11 is 11.0. The van der Waals surface area contributed by atoms with E-state index < -0.39 is 8.07 Å². The van der Waals surface area contributed by atoms with Crippen LogP contribution in [0.4, 0.5) is 0 Å². The van der Waals surface area contributed by atoms with Crippen molar-refractivity contribution in [1.82, 2.24) is 59.7 Å². The predicted molar refractivity (Wildman–Crippen MR) is 534 cm³/mol. The van der Waals surface area contributed by atoms with E-state index in [2.05, 4.69) is 301 Å². The van der Waals surface area contributed by atoms with Crippen molar-refractivity contribution >= 4 is 151 Å². The third kappa shape index (κ3) is 29.2. The Hall–Kier alpha value is -6.05. The minimum absolute atomic E-state index is 0. The number of rotatable bonds is 13. The zero-order chi connectivity index (χ0) is 87.0. The van der Waals surface area contributed by atoms with E-state index in [4.69, 9.17) is 26.5 Å². The molecule has 7 fully saturated rings. The number of carbonyl (C=O) groups excluding carboxylic acids is 1. The monoisotopic (exact) mass is 2000 g/mol. The van der Waals surface area contributed by atoms with E-state index in [0.29, 0.717) is 42.2 Å². The van der Waals surface area contributed by atoms with Gasteiger partial charge in [-0.05, 0) is 353 Å². The molecule has 0 aromatic carbocycles. The topological polar surface area (TPSA) is 213 Å². The molecule has 0 amide bonds. The van der Waals surface area contributed by atoms with Crippen LogP contribution in [0.15, 0.2) is 124 Å². The zero-order valence-corrected chi connectivity index (χ0v) is 89.1. The summed E-state index contributed by atoms with van der Waals surface area (Å²) in [4.78, 5) is 76.2. The molecule has 29 heteroatoms. The predicted octanol–water partition coefficient (Wildman–Crippen LogP) is 12.1. The van der Waals surface area contributed by atoms with Gasteiger partial charge in [-0.25, -0.2) is 15.0 Å². The van der Waals surface area contributed by atoms with E-state index in [-0.39, 0.29) is 123 Å². The van der Waals surface area contributed by atoms with Gasteiger partial charge in [0, 0.05) is 123 Å². The van der Waals surface area contributed by atoms with Crippen LogP contribution in [0.2, 0.25) is 19.6 Å². The number of imidazole rings is 3. The van der Waals surface area contributed by atoms with Crippen LogP contribution in [0.5, 0.6) is 0 Å². The fraction of sp³-hybridized carbons (Fsp3) is 0.414. The van der Waals surface area contributed by atoms with Gasteiger partial charge in [0.2, 0.25) is 0 Å². The third-order valence-electron chi connectivity index (χ3n) is 23.8. The normalized spacial score (nSPS) is 20.9. The van der Waals surface area contributed by atoms with Gasteiger partial charge in [-0.1, -0.05) is 32.5 Å². The molecule has 19 rings (SSSR count). The Bertz CT molecular complexity index is 5970. The van der Waals surface area contributed by atoms with Gasteiger partial charge in [0.15, 0.2) is 0 Å². The first-order valence-electron chi connectivity index (χ1n) is 43.2. The van der Waals surface area contributed by atoms with Gasteiger partial charge in [-0.15, -0.1) is 81.1 Å². The molecule has 4 N–H and O–H groups in total. The van der Waals surface area contributed by atoms with E-state index in [0.717, 1.165) is 99.3 Å². The van der Waals surface area contributed by atoms with Crippen LogP contribution in [-0.4, -0.2) is 190 Å². The Kier molecular flexibility index (Phi) is 41.2. The molecular formula is C99H108ClIK2N16O3S5Si. The number of hydrogen-bond acceptors (Lipinski definition) is 21. The molecule has 11 aliphatic rings. The fourth-order valence-electron chi connectivity index (χ4n) is 17.3. The number of carbonyl (C=O) groups is 1. The summed E-state index contributed by atoms with van der Waals surface area (Å²) < 4.78 is 1.31. The van der Waals surface area contributed by atoms with Crippen molar-refractivity contribution < 1.29 is 119 Å². The SMILES string of the molecule is C#CC#Cc1ccc(C2=CN=C([C@@H]3CCCN3C)C2)s1.C(C#Cc1ccc(C2=CN=C([C@@H]3CCCN3)C2)s1)#Cc1cnc(C2CCCC2)[nH]1.CN1CCC[C@H]1C1=NC=C(c2ccc(C#CC#C[Si](C)(C)C)s2)C1.CN1CCC[C@H]1C1=NC=C(c2ccc(C#CC#Cc3cnc([C@@H]4CCCN4C)[nH]3)s2)C1.CN1CCC[C@H]1c1ncc(-c2ccc(I)s2)[nH]1.Cl.O=CO[O-].[H-].[K+].[K+]. The van der Waals surface area contributed by atoms with E-state index in [1.54, 1.807) is 56.7 Å². The zero-order valence-electron chi connectivity index (χ0n) is 75.8. The Balaban J connectivity index is 0.000000167. The summed E-state index contributed by atoms with van der Waals surface area (Å²) in [5, 5.41) is 12.0. The fourth-order valence-corrected chi connectivity index (χ4v) is 22.8. The van der Waals surface area contributed by atoms with Crippen LogP contribution in [0.1, 0.15) is 216 Å². The Morgan fingerprint density at radius 2 is 0.820 bits per heavy atom. The second kappa shape index (κ2) is 51.4. The van der Waals surface area contributed by atoms with Gasteiger partial charge < -0.3 is 31.8 Å². The quantitative estimate of drug-likeness (QED) is 0.0212. The molecule has 8 aromatic rings. The van der Waals surface area contributed by atoms with E-state index >= 15 is 0 Å². The minimum Gasteiger partial charge on any atom is -1.00 e. The minimum atomic E-state index is -1.33. The summed E-state index contributed by atoms with van der Waals surface area (Å²) in [6.45, 7) is 13.5. The second-order valence-electron chi connectivity index (χ2n) is 33.8. The van der Waals surface area contributed by atoms with Gasteiger partial charge in [0.05, 0.1) is 63.6 Å². The van der Waals surface area contributed by atoms with E-state index in [1.165, 1.54) is 195 Å². The number of nitrogens with one attached hydrogen (secondary N) is 4. The second-order valence-corrected chi connectivity index (χ2v) is 45.8. The molecule has 0 unspecified atom stereocenters. The van der Waals surface area contributed by atoms with Crippen molar-refractivity contribution in [2.24, 2.45) is 20.0 Å². The number of thiophene rings is 5. The van der Waals surface area contributed by atoms with Gasteiger partial charge >= 0.3 is 103 Å². The van der Waals surface area contributed by atoms with Crippen LogP contribution in [0.25, 0.3) is 32.9 Å². The van der Waals surface area contributed by atoms with Crippen molar-refractivity contribution in [3.63, 3.8) is 0 Å².